The minimum atomic E-state index is 1.13. The molecule has 0 unspecified atom stereocenters. The maximum atomic E-state index is 2.48. The first kappa shape index (κ1) is 34.6. The van der Waals surface area contributed by atoms with Crippen LogP contribution in [0.15, 0.2) is 231 Å². The predicted octanol–water partition coefficient (Wildman–Crippen LogP) is 16.8. The maximum absolute atomic E-state index is 2.48. The molecule has 2 heteroatoms. The molecule has 0 bridgehead atoms. The molecular formula is C60H38N2. The summed E-state index contributed by atoms with van der Waals surface area (Å²) in [6.07, 6.45) is 0. The van der Waals surface area contributed by atoms with Crippen molar-refractivity contribution < 1.29 is 0 Å². The van der Waals surface area contributed by atoms with Gasteiger partial charge in [-0.25, -0.2) is 0 Å². The smallest absolute Gasteiger partial charge is 0.0547 e. The number of rotatable bonds is 5. The summed E-state index contributed by atoms with van der Waals surface area (Å²) in [6.45, 7) is 0. The normalized spacial score (nSPS) is 11.9. The monoisotopic (exact) mass is 786 g/mol. The average molecular weight is 787 g/mol. The number of hydrogen-bond donors (Lipinski definition) is 0. The average Bonchev–Trinajstić information content (AvgIpc) is 3.68. The SMILES string of the molecule is c1ccc(N(c2ccccc2)c2ccc3c(c2)c2ccccc2c2cc4ccc5c(c4cc32)c2ccc(-c3ccc4ccccc4c3)cc2n5-c2ccc3ccccc3c2)cc1. The Morgan fingerprint density at radius 3 is 1.52 bits per heavy atom. The second-order valence-corrected chi connectivity index (χ2v) is 16.5. The highest BCUT2D eigenvalue weighted by Crippen LogP contribution is 2.45. The van der Waals surface area contributed by atoms with E-state index in [0.717, 1.165) is 22.7 Å². The van der Waals surface area contributed by atoms with Crippen LogP contribution in [0, 0.1) is 0 Å². The summed E-state index contributed by atoms with van der Waals surface area (Å²) in [5, 5.41) is 17.5. The van der Waals surface area contributed by atoms with E-state index in [1.54, 1.807) is 0 Å². The van der Waals surface area contributed by atoms with Gasteiger partial charge in [0.2, 0.25) is 0 Å². The lowest BCUT2D eigenvalue weighted by Crippen LogP contribution is -2.09. The molecule has 0 radical (unpaired) electrons. The molecule has 0 aliphatic carbocycles. The Hall–Kier alpha value is -8.20. The molecule has 0 saturated heterocycles. The van der Waals surface area contributed by atoms with Gasteiger partial charge in [-0.2, -0.15) is 0 Å². The first-order valence-corrected chi connectivity index (χ1v) is 21.4. The van der Waals surface area contributed by atoms with Gasteiger partial charge < -0.3 is 9.47 Å². The van der Waals surface area contributed by atoms with E-state index < -0.39 is 0 Å². The number of aromatic nitrogens is 1. The van der Waals surface area contributed by atoms with Gasteiger partial charge in [0.15, 0.2) is 0 Å². The van der Waals surface area contributed by atoms with Crippen LogP contribution in [0.1, 0.15) is 0 Å². The number of para-hydroxylation sites is 2. The van der Waals surface area contributed by atoms with Crippen molar-refractivity contribution in [1.29, 1.82) is 0 Å². The molecule has 1 aromatic heterocycles. The molecule has 13 aromatic rings. The molecule has 62 heavy (non-hydrogen) atoms. The van der Waals surface area contributed by atoms with E-state index >= 15 is 0 Å². The molecule has 0 atom stereocenters. The molecule has 12 aromatic carbocycles. The lowest BCUT2D eigenvalue weighted by atomic mass is 9.91. The summed E-state index contributed by atoms with van der Waals surface area (Å²) in [7, 11) is 0. The van der Waals surface area contributed by atoms with Crippen molar-refractivity contribution in [2.75, 3.05) is 4.90 Å². The first-order chi connectivity index (χ1) is 30.7. The summed E-state index contributed by atoms with van der Waals surface area (Å²) in [5.41, 5.74) is 9.36. The fourth-order valence-corrected chi connectivity index (χ4v) is 10.2. The van der Waals surface area contributed by atoms with Crippen LogP contribution in [0.2, 0.25) is 0 Å². The van der Waals surface area contributed by atoms with Crippen molar-refractivity contribution in [3.05, 3.63) is 231 Å². The van der Waals surface area contributed by atoms with Crippen LogP contribution in [0.3, 0.4) is 0 Å². The van der Waals surface area contributed by atoms with Crippen molar-refractivity contribution in [1.82, 2.24) is 4.57 Å². The standard InChI is InChI=1S/C60H38N2/c1-3-17-46(18-4-1)61(47-19-5-2-6-20-47)49-29-31-52-56(37-49)51-22-12-11-21-50(51)55-35-45-27-32-58-60(54(45)38-57(52)55)53-30-26-44(43-24-23-39-13-7-9-15-41(39)33-43)36-59(53)62(58)48-28-25-40-14-8-10-16-42(40)34-48/h1-38H. The molecule has 0 spiro atoms. The second-order valence-electron chi connectivity index (χ2n) is 16.5. The van der Waals surface area contributed by atoms with Crippen LogP contribution < -0.4 is 4.90 Å². The van der Waals surface area contributed by atoms with Gasteiger partial charge in [-0.3, -0.25) is 0 Å². The lowest BCUT2D eigenvalue weighted by molar-refractivity contribution is 1.19. The molecule has 288 valence electrons. The molecule has 0 amide bonds. The van der Waals surface area contributed by atoms with Crippen molar-refractivity contribution >= 4 is 104 Å². The van der Waals surface area contributed by atoms with E-state index in [4.69, 9.17) is 0 Å². The number of benzene rings is 12. The van der Waals surface area contributed by atoms with Crippen LogP contribution in [0.25, 0.3) is 103 Å². The van der Waals surface area contributed by atoms with Crippen molar-refractivity contribution in [2.24, 2.45) is 0 Å². The number of anilines is 3. The summed E-state index contributed by atoms with van der Waals surface area (Å²) in [6, 6.07) is 84.9. The van der Waals surface area contributed by atoms with Crippen LogP contribution in [-0.2, 0) is 0 Å². The summed E-state index contributed by atoms with van der Waals surface area (Å²) < 4.78 is 2.48. The largest absolute Gasteiger partial charge is 0.310 e. The third-order valence-corrected chi connectivity index (χ3v) is 13.0. The Labute approximate surface area is 358 Å². The summed E-state index contributed by atoms with van der Waals surface area (Å²) in [5.74, 6) is 0. The molecule has 0 aliphatic heterocycles. The molecule has 13 rings (SSSR count). The Balaban J connectivity index is 1.09. The van der Waals surface area contributed by atoms with E-state index in [0.29, 0.717) is 0 Å². The lowest BCUT2D eigenvalue weighted by Gasteiger charge is -2.26. The van der Waals surface area contributed by atoms with E-state index in [1.165, 1.54) is 97.6 Å². The molecule has 2 nitrogen and oxygen atoms in total. The van der Waals surface area contributed by atoms with Gasteiger partial charge >= 0.3 is 0 Å². The maximum Gasteiger partial charge on any atom is 0.0547 e. The van der Waals surface area contributed by atoms with Crippen molar-refractivity contribution in [2.45, 2.75) is 0 Å². The predicted molar refractivity (Wildman–Crippen MR) is 266 cm³/mol. The molecule has 0 saturated carbocycles. The number of hydrogen-bond acceptors (Lipinski definition) is 1. The van der Waals surface area contributed by atoms with Crippen LogP contribution >= 0.6 is 0 Å². The van der Waals surface area contributed by atoms with Gasteiger partial charge in [-0.05, 0) is 155 Å². The van der Waals surface area contributed by atoms with E-state index in [2.05, 4.69) is 240 Å². The third-order valence-electron chi connectivity index (χ3n) is 13.0. The van der Waals surface area contributed by atoms with E-state index in [9.17, 15) is 0 Å². The zero-order valence-corrected chi connectivity index (χ0v) is 33.8. The summed E-state index contributed by atoms with van der Waals surface area (Å²) >= 11 is 0. The van der Waals surface area contributed by atoms with Gasteiger partial charge in [-0.15, -0.1) is 0 Å². The molecule has 1 heterocycles. The Morgan fingerprint density at radius 2 is 0.790 bits per heavy atom. The third kappa shape index (κ3) is 5.37. The van der Waals surface area contributed by atoms with Crippen molar-refractivity contribution in [3.8, 4) is 16.8 Å². The van der Waals surface area contributed by atoms with E-state index in [-0.39, 0.29) is 0 Å². The van der Waals surface area contributed by atoms with E-state index in [1.807, 2.05) is 0 Å². The fourth-order valence-electron chi connectivity index (χ4n) is 10.2. The van der Waals surface area contributed by atoms with Gasteiger partial charge in [0.1, 0.15) is 0 Å². The summed E-state index contributed by atoms with van der Waals surface area (Å²) in [4.78, 5) is 2.36. The van der Waals surface area contributed by atoms with Crippen LogP contribution in [0.4, 0.5) is 17.1 Å². The minimum Gasteiger partial charge on any atom is -0.310 e. The Morgan fingerprint density at radius 1 is 0.258 bits per heavy atom. The van der Waals surface area contributed by atoms with Gasteiger partial charge in [0.25, 0.3) is 0 Å². The van der Waals surface area contributed by atoms with Gasteiger partial charge in [0, 0.05) is 33.5 Å². The van der Waals surface area contributed by atoms with Crippen LogP contribution in [0.5, 0.6) is 0 Å². The molecule has 0 aliphatic rings. The fraction of sp³-hybridized carbons (Fsp3) is 0. The van der Waals surface area contributed by atoms with Crippen molar-refractivity contribution in [3.63, 3.8) is 0 Å². The van der Waals surface area contributed by atoms with Gasteiger partial charge in [0.05, 0.1) is 11.0 Å². The molecule has 0 N–H and O–H groups in total. The zero-order valence-electron chi connectivity index (χ0n) is 33.8. The van der Waals surface area contributed by atoms with Gasteiger partial charge in [-0.1, -0.05) is 152 Å². The Bertz CT molecular complexity index is 3880. The molecular weight excluding hydrogens is 749 g/mol. The number of fused-ring (bicyclic) bond motifs is 13. The quantitative estimate of drug-likeness (QED) is 0.125. The zero-order chi connectivity index (χ0) is 40.7. The number of nitrogens with zero attached hydrogens (tertiary/aromatic N) is 2. The second kappa shape index (κ2) is 13.7. The topological polar surface area (TPSA) is 8.17 Å². The highest BCUT2D eigenvalue weighted by molar-refractivity contribution is 6.31. The molecule has 0 fully saturated rings. The highest BCUT2D eigenvalue weighted by atomic mass is 15.1. The first-order valence-electron chi connectivity index (χ1n) is 21.4. The Kier molecular flexibility index (Phi) is 7.64. The van der Waals surface area contributed by atoms with Crippen LogP contribution in [-0.4, -0.2) is 4.57 Å². The minimum absolute atomic E-state index is 1.13. The highest BCUT2D eigenvalue weighted by Gasteiger charge is 2.20.